The standard InChI is InChI=1S/C15H21F2N3O3S/c16-12-5-3-6-13(17)15(12)24(22,23)20-9-2-1-4-11(20)10-19-14(21)7-8-18/h3,5-6,11H,1-2,4,7-10,18H2,(H,19,21). The molecule has 134 valence electrons. The van der Waals surface area contributed by atoms with Crippen molar-refractivity contribution in [1.82, 2.24) is 9.62 Å². The first-order chi connectivity index (χ1) is 11.4. The van der Waals surface area contributed by atoms with E-state index in [-0.39, 0.29) is 32.0 Å². The Morgan fingerprint density at radius 3 is 2.58 bits per heavy atom. The summed E-state index contributed by atoms with van der Waals surface area (Å²) in [7, 11) is -4.33. The number of nitrogens with two attached hydrogens (primary N) is 1. The number of nitrogens with zero attached hydrogens (tertiary/aromatic N) is 1. The first-order valence-electron chi connectivity index (χ1n) is 7.80. The minimum Gasteiger partial charge on any atom is -0.354 e. The third kappa shape index (κ3) is 4.08. The number of piperidine rings is 1. The molecular weight excluding hydrogens is 340 g/mol. The monoisotopic (exact) mass is 361 g/mol. The number of benzene rings is 1. The van der Waals surface area contributed by atoms with Crippen LogP contribution >= 0.6 is 0 Å². The molecule has 1 aliphatic rings. The van der Waals surface area contributed by atoms with Crippen molar-refractivity contribution in [3.63, 3.8) is 0 Å². The maximum absolute atomic E-state index is 13.9. The van der Waals surface area contributed by atoms with Crippen LogP contribution in [0.5, 0.6) is 0 Å². The summed E-state index contributed by atoms with van der Waals surface area (Å²) in [6, 6.07) is 2.41. The van der Waals surface area contributed by atoms with E-state index in [4.69, 9.17) is 5.73 Å². The molecule has 2 rings (SSSR count). The number of carbonyl (C=O) groups is 1. The Kier molecular flexibility index (Phi) is 6.25. The van der Waals surface area contributed by atoms with Crippen molar-refractivity contribution < 1.29 is 22.0 Å². The number of halogens is 2. The lowest BCUT2D eigenvalue weighted by atomic mass is 10.1. The number of rotatable bonds is 6. The first-order valence-corrected chi connectivity index (χ1v) is 9.24. The maximum atomic E-state index is 13.9. The second kappa shape index (κ2) is 8.00. The molecule has 1 aromatic carbocycles. The summed E-state index contributed by atoms with van der Waals surface area (Å²) >= 11 is 0. The van der Waals surface area contributed by atoms with Crippen LogP contribution in [0, 0.1) is 11.6 Å². The molecule has 1 heterocycles. The highest BCUT2D eigenvalue weighted by atomic mass is 32.2. The molecule has 1 aromatic rings. The maximum Gasteiger partial charge on any atom is 0.249 e. The van der Waals surface area contributed by atoms with E-state index in [0.29, 0.717) is 12.8 Å². The fourth-order valence-electron chi connectivity index (χ4n) is 2.79. The molecule has 0 spiro atoms. The van der Waals surface area contributed by atoms with Gasteiger partial charge in [0.1, 0.15) is 11.6 Å². The lowest BCUT2D eigenvalue weighted by molar-refractivity contribution is -0.121. The molecule has 1 saturated heterocycles. The van der Waals surface area contributed by atoms with Gasteiger partial charge in [-0.05, 0) is 25.0 Å². The van der Waals surface area contributed by atoms with E-state index in [1.54, 1.807) is 0 Å². The van der Waals surface area contributed by atoms with Gasteiger partial charge in [0.2, 0.25) is 15.9 Å². The Morgan fingerprint density at radius 1 is 1.29 bits per heavy atom. The molecule has 0 aromatic heterocycles. The van der Waals surface area contributed by atoms with E-state index in [9.17, 15) is 22.0 Å². The predicted molar refractivity (Wildman–Crippen MR) is 84.6 cm³/mol. The minimum absolute atomic E-state index is 0.0914. The third-order valence-electron chi connectivity index (χ3n) is 3.96. The zero-order chi connectivity index (χ0) is 17.7. The van der Waals surface area contributed by atoms with Crippen LogP contribution in [0.1, 0.15) is 25.7 Å². The van der Waals surface area contributed by atoms with Crippen LogP contribution in [0.4, 0.5) is 8.78 Å². The van der Waals surface area contributed by atoms with Gasteiger partial charge >= 0.3 is 0 Å². The van der Waals surface area contributed by atoms with E-state index >= 15 is 0 Å². The first kappa shape index (κ1) is 18.8. The molecule has 9 heteroatoms. The van der Waals surface area contributed by atoms with Crippen LogP contribution in [-0.2, 0) is 14.8 Å². The van der Waals surface area contributed by atoms with Gasteiger partial charge in [-0.2, -0.15) is 4.31 Å². The highest BCUT2D eigenvalue weighted by Crippen LogP contribution is 2.28. The van der Waals surface area contributed by atoms with Crippen molar-refractivity contribution in [2.24, 2.45) is 5.73 Å². The molecule has 0 aliphatic carbocycles. The molecule has 3 N–H and O–H groups in total. The average molecular weight is 361 g/mol. The summed E-state index contributed by atoms with van der Waals surface area (Å²) in [6.45, 7) is 0.445. The van der Waals surface area contributed by atoms with Crippen LogP contribution < -0.4 is 11.1 Å². The lowest BCUT2D eigenvalue weighted by Crippen LogP contribution is -2.49. The highest BCUT2D eigenvalue weighted by molar-refractivity contribution is 7.89. The number of hydrogen-bond acceptors (Lipinski definition) is 4. The molecular formula is C15H21F2N3O3S. The van der Waals surface area contributed by atoms with E-state index in [1.807, 2.05) is 0 Å². The largest absolute Gasteiger partial charge is 0.354 e. The van der Waals surface area contributed by atoms with Crippen molar-refractivity contribution in [1.29, 1.82) is 0 Å². The summed E-state index contributed by atoms with van der Waals surface area (Å²) in [5.74, 6) is -2.52. The van der Waals surface area contributed by atoms with Crippen LogP contribution in [0.25, 0.3) is 0 Å². The molecule has 0 radical (unpaired) electrons. The second-order valence-corrected chi connectivity index (χ2v) is 7.49. The zero-order valence-electron chi connectivity index (χ0n) is 13.2. The van der Waals surface area contributed by atoms with Crippen molar-refractivity contribution >= 4 is 15.9 Å². The number of carbonyl (C=O) groups excluding carboxylic acids is 1. The van der Waals surface area contributed by atoms with Gasteiger partial charge in [0.15, 0.2) is 4.90 Å². The number of nitrogens with one attached hydrogen (secondary N) is 1. The smallest absolute Gasteiger partial charge is 0.249 e. The Morgan fingerprint density at radius 2 is 1.96 bits per heavy atom. The van der Waals surface area contributed by atoms with Crippen molar-refractivity contribution in [3.05, 3.63) is 29.8 Å². The molecule has 1 aliphatic heterocycles. The van der Waals surface area contributed by atoms with Gasteiger partial charge < -0.3 is 11.1 Å². The molecule has 1 fully saturated rings. The quantitative estimate of drug-likeness (QED) is 0.790. The predicted octanol–water partition coefficient (Wildman–Crippen LogP) is 0.973. The Balaban J connectivity index is 2.24. The average Bonchev–Trinajstić information content (AvgIpc) is 2.53. The molecule has 24 heavy (non-hydrogen) atoms. The van der Waals surface area contributed by atoms with E-state index in [0.717, 1.165) is 28.9 Å². The topological polar surface area (TPSA) is 92.5 Å². The van der Waals surface area contributed by atoms with Crippen LogP contribution in [0.15, 0.2) is 23.1 Å². The molecule has 1 unspecified atom stereocenters. The second-order valence-electron chi connectivity index (χ2n) is 5.66. The Hall–Kier alpha value is -1.58. The zero-order valence-corrected chi connectivity index (χ0v) is 14.0. The highest BCUT2D eigenvalue weighted by Gasteiger charge is 2.37. The number of sulfonamides is 1. The van der Waals surface area contributed by atoms with E-state index < -0.39 is 32.6 Å². The van der Waals surface area contributed by atoms with Gasteiger partial charge in [-0.3, -0.25) is 4.79 Å². The molecule has 0 saturated carbocycles. The number of amides is 1. The number of hydrogen-bond donors (Lipinski definition) is 2. The summed E-state index contributed by atoms with van der Waals surface area (Å²) in [5.41, 5.74) is 5.29. The van der Waals surface area contributed by atoms with Crippen LogP contribution in [0.3, 0.4) is 0 Å². The van der Waals surface area contributed by atoms with E-state index in [2.05, 4.69) is 5.32 Å². The summed E-state index contributed by atoms with van der Waals surface area (Å²) in [4.78, 5) is 10.6. The Bertz CT molecular complexity index is 677. The molecule has 6 nitrogen and oxygen atoms in total. The van der Waals surface area contributed by atoms with Gasteiger partial charge in [-0.25, -0.2) is 17.2 Å². The lowest BCUT2D eigenvalue weighted by Gasteiger charge is -2.34. The fourth-order valence-corrected chi connectivity index (χ4v) is 4.60. The van der Waals surface area contributed by atoms with Gasteiger partial charge in [0, 0.05) is 32.1 Å². The van der Waals surface area contributed by atoms with Crippen molar-refractivity contribution in [2.45, 2.75) is 36.6 Å². The van der Waals surface area contributed by atoms with Gasteiger partial charge in [-0.1, -0.05) is 12.5 Å². The van der Waals surface area contributed by atoms with Crippen LogP contribution in [-0.4, -0.2) is 44.3 Å². The summed E-state index contributed by atoms with van der Waals surface area (Å²) in [6.07, 6.45) is 2.03. The van der Waals surface area contributed by atoms with Crippen molar-refractivity contribution in [2.75, 3.05) is 19.6 Å². The van der Waals surface area contributed by atoms with Crippen molar-refractivity contribution in [3.8, 4) is 0 Å². The summed E-state index contributed by atoms with van der Waals surface area (Å²) in [5, 5.41) is 2.62. The fraction of sp³-hybridized carbons (Fsp3) is 0.533. The van der Waals surface area contributed by atoms with Gasteiger partial charge in [0.05, 0.1) is 0 Å². The van der Waals surface area contributed by atoms with E-state index in [1.165, 1.54) is 0 Å². The summed E-state index contributed by atoms with van der Waals surface area (Å²) < 4.78 is 54.4. The molecule has 1 atom stereocenters. The molecule has 0 bridgehead atoms. The SMILES string of the molecule is NCCC(=O)NCC1CCCCN1S(=O)(=O)c1c(F)cccc1F. The van der Waals surface area contributed by atoms with Gasteiger partial charge in [0.25, 0.3) is 0 Å². The van der Waals surface area contributed by atoms with Crippen LogP contribution in [0.2, 0.25) is 0 Å². The minimum atomic E-state index is -4.33. The third-order valence-corrected chi connectivity index (χ3v) is 5.97. The Labute approximate surface area is 140 Å². The molecule has 1 amide bonds. The normalized spacial score (nSPS) is 19.2. The van der Waals surface area contributed by atoms with Gasteiger partial charge in [-0.15, -0.1) is 0 Å².